The van der Waals surface area contributed by atoms with Crippen LogP contribution in [0.5, 0.6) is 0 Å². The summed E-state index contributed by atoms with van der Waals surface area (Å²) in [7, 11) is 1.90. The van der Waals surface area contributed by atoms with Crippen molar-refractivity contribution in [3.63, 3.8) is 0 Å². The molecule has 3 aromatic heterocycles. The first-order chi connectivity index (χ1) is 10.6. The zero-order valence-electron chi connectivity index (χ0n) is 12.7. The second-order valence-corrected chi connectivity index (χ2v) is 7.10. The average molecular weight is 336 g/mol. The highest BCUT2D eigenvalue weighted by Crippen LogP contribution is 2.38. The van der Waals surface area contributed by atoms with E-state index < -0.39 is 0 Å². The predicted octanol–water partition coefficient (Wildman–Crippen LogP) is 3.43. The van der Waals surface area contributed by atoms with E-state index in [9.17, 15) is 0 Å². The molecule has 1 saturated heterocycles. The first kappa shape index (κ1) is 14.2. The lowest BCUT2D eigenvalue weighted by molar-refractivity contribution is 0.245. The smallest absolute Gasteiger partial charge is 0.193 e. The Morgan fingerprint density at radius 2 is 2.32 bits per heavy atom. The van der Waals surface area contributed by atoms with Crippen molar-refractivity contribution in [1.82, 2.24) is 24.1 Å². The van der Waals surface area contributed by atoms with Gasteiger partial charge in [-0.15, -0.1) is 11.3 Å². The number of aryl methyl sites for hydroxylation is 2. The summed E-state index contributed by atoms with van der Waals surface area (Å²) in [4.78, 5) is 8.23. The first-order valence-corrected chi connectivity index (χ1v) is 8.73. The van der Waals surface area contributed by atoms with Crippen LogP contribution >= 0.6 is 22.9 Å². The van der Waals surface area contributed by atoms with E-state index in [1.54, 1.807) is 16.0 Å². The minimum Gasteiger partial charge on any atom is -0.297 e. The number of thiazole rings is 1. The molecule has 0 bridgehead atoms. The molecule has 0 N–H and O–H groups in total. The normalized spacial score (nSPS) is 19.5. The van der Waals surface area contributed by atoms with E-state index in [1.807, 2.05) is 14.0 Å². The lowest BCUT2D eigenvalue weighted by Crippen LogP contribution is -2.23. The Balaban J connectivity index is 1.62. The van der Waals surface area contributed by atoms with Gasteiger partial charge in [-0.3, -0.25) is 14.0 Å². The second kappa shape index (κ2) is 5.37. The summed E-state index contributed by atoms with van der Waals surface area (Å²) in [6, 6.07) is 0.348. The molecule has 0 spiro atoms. The Morgan fingerprint density at radius 3 is 3.05 bits per heavy atom. The van der Waals surface area contributed by atoms with Crippen LogP contribution in [0, 0.1) is 6.92 Å². The number of hydrogen-bond donors (Lipinski definition) is 0. The Kier molecular flexibility index (Phi) is 3.47. The van der Waals surface area contributed by atoms with Gasteiger partial charge in [0.05, 0.1) is 11.4 Å². The molecule has 1 fully saturated rings. The van der Waals surface area contributed by atoms with Gasteiger partial charge in [0.1, 0.15) is 5.15 Å². The maximum atomic E-state index is 6.46. The third-order valence-electron chi connectivity index (χ3n) is 4.40. The van der Waals surface area contributed by atoms with Crippen molar-refractivity contribution in [1.29, 1.82) is 0 Å². The molecular formula is C15H18ClN5S. The van der Waals surface area contributed by atoms with Gasteiger partial charge in [-0.05, 0) is 26.3 Å². The highest BCUT2D eigenvalue weighted by atomic mass is 35.5. The molecule has 0 radical (unpaired) electrons. The molecule has 7 heteroatoms. The molecule has 0 saturated carbocycles. The number of hydrogen-bond acceptors (Lipinski definition) is 4. The van der Waals surface area contributed by atoms with Crippen LogP contribution in [0.2, 0.25) is 5.15 Å². The summed E-state index contributed by atoms with van der Waals surface area (Å²) < 4.78 is 3.86. The molecule has 0 aromatic carbocycles. The predicted molar refractivity (Wildman–Crippen MR) is 88.4 cm³/mol. The molecule has 1 atom stereocenters. The van der Waals surface area contributed by atoms with Crippen molar-refractivity contribution >= 4 is 27.9 Å². The molecule has 4 rings (SSSR count). The molecule has 0 unspecified atom stereocenters. The van der Waals surface area contributed by atoms with Gasteiger partial charge in [0.2, 0.25) is 0 Å². The third-order valence-corrected chi connectivity index (χ3v) is 5.62. The number of halogens is 1. The van der Waals surface area contributed by atoms with Gasteiger partial charge in [-0.2, -0.15) is 5.10 Å². The molecule has 116 valence electrons. The minimum absolute atomic E-state index is 0.348. The van der Waals surface area contributed by atoms with Crippen LogP contribution in [0.15, 0.2) is 17.8 Å². The van der Waals surface area contributed by atoms with Crippen LogP contribution in [0.25, 0.3) is 4.96 Å². The second-order valence-electron chi connectivity index (χ2n) is 5.87. The summed E-state index contributed by atoms with van der Waals surface area (Å²) in [6.45, 7) is 3.99. The van der Waals surface area contributed by atoms with Gasteiger partial charge in [-0.1, -0.05) is 11.6 Å². The van der Waals surface area contributed by atoms with Crippen molar-refractivity contribution in [2.75, 3.05) is 6.54 Å². The summed E-state index contributed by atoms with van der Waals surface area (Å²) >= 11 is 8.14. The Labute approximate surface area is 138 Å². The quantitative estimate of drug-likeness (QED) is 0.736. The molecule has 0 aliphatic carbocycles. The fourth-order valence-electron chi connectivity index (χ4n) is 3.43. The van der Waals surface area contributed by atoms with E-state index in [4.69, 9.17) is 16.6 Å². The van der Waals surface area contributed by atoms with Gasteiger partial charge >= 0.3 is 0 Å². The van der Waals surface area contributed by atoms with Gasteiger partial charge < -0.3 is 0 Å². The van der Waals surface area contributed by atoms with Crippen molar-refractivity contribution in [2.24, 2.45) is 7.05 Å². The maximum Gasteiger partial charge on any atom is 0.193 e. The summed E-state index contributed by atoms with van der Waals surface area (Å²) in [6.07, 6.45) is 6.50. The largest absolute Gasteiger partial charge is 0.297 e. The van der Waals surface area contributed by atoms with E-state index in [-0.39, 0.29) is 0 Å². The lowest BCUT2D eigenvalue weighted by atomic mass is 10.1. The lowest BCUT2D eigenvalue weighted by Gasteiger charge is -2.23. The summed E-state index contributed by atoms with van der Waals surface area (Å²) in [5, 5.41) is 7.29. The third kappa shape index (κ3) is 2.26. The Morgan fingerprint density at radius 1 is 1.45 bits per heavy atom. The number of fused-ring (bicyclic) bond motifs is 1. The van der Waals surface area contributed by atoms with Crippen molar-refractivity contribution in [2.45, 2.75) is 32.4 Å². The Bertz CT molecular complexity index is 789. The topological polar surface area (TPSA) is 38.4 Å². The van der Waals surface area contributed by atoms with E-state index >= 15 is 0 Å². The maximum absolute atomic E-state index is 6.46. The number of imidazole rings is 1. The number of likely N-dealkylation sites (tertiary alicyclic amines) is 1. The minimum atomic E-state index is 0.348. The number of aromatic nitrogens is 4. The standard InChI is InChI=1S/C15H18ClN5S/c1-10-13(14(16)19(2)18-10)12-4-3-5-20(12)8-11-9-21-6-7-22-15(21)17-11/h6-7,9,12H,3-5,8H2,1-2H3/t12-/m1/s1. The average Bonchev–Trinajstić information content (AvgIpc) is 3.18. The molecule has 3 aromatic rings. The SMILES string of the molecule is Cc1nn(C)c(Cl)c1[C@H]1CCCN1Cc1cn2ccsc2n1. The van der Waals surface area contributed by atoms with E-state index in [0.717, 1.165) is 41.0 Å². The van der Waals surface area contributed by atoms with Gasteiger partial charge in [-0.25, -0.2) is 4.98 Å². The molecule has 22 heavy (non-hydrogen) atoms. The highest BCUT2D eigenvalue weighted by Gasteiger charge is 2.31. The molecule has 1 aliphatic rings. The van der Waals surface area contributed by atoms with Crippen molar-refractivity contribution < 1.29 is 0 Å². The zero-order valence-corrected chi connectivity index (χ0v) is 14.2. The van der Waals surface area contributed by atoms with E-state index in [2.05, 4.69) is 32.2 Å². The van der Waals surface area contributed by atoms with E-state index in [1.165, 1.54) is 12.0 Å². The molecule has 4 heterocycles. The van der Waals surface area contributed by atoms with Gasteiger partial charge in [0.25, 0.3) is 0 Å². The van der Waals surface area contributed by atoms with Gasteiger partial charge in [0, 0.05) is 43.0 Å². The van der Waals surface area contributed by atoms with E-state index in [0.29, 0.717) is 6.04 Å². The number of rotatable bonds is 3. The van der Waals surface area contributed by atoms with Crippen LogP contribution in [-0.2, 0) is 13.6 Å². The molecule has 5 nitrogen and oxygen atoms in total. The highest BCUT2D eigenvalue weighted by molar-refractivity contribution is 7.15. The summed E-state index contributed by atoms with van der Waals surface area (Å²) in [5.41, 5.74) is 3.34. The Hall–Kier alpha value is -1.37. The van der Waals surface area contributed by atoms with Crippen LogP contribution in [-0.4, -0.2) is 30.6 Å². The van der Waals surface area contributed by atoms with Crippen LogP contribution < -0.4 is 0 Å². The molecule has 1 aliphatic heterocycles. The van der Waals surface area contributed by atoms with Crippen molar-refractivity contribution in [3.8, 4) is 0 Å². The first-order valence-electron chi connectivity index (χ1n) is 7.47. The fourth-order valence-corrected chi connectivity index (χ4v) is 4.45. The van der Waals surface area contributed by atoms with Crippen LogP contribution in [0.1, 0.15) is 35.8 Å². The molecular weight excluding hydrogens is 318 g/mol. The van der Waals surface area contributed by atoms with Crippen LogP contribution in [0.3, 0.4) is 0 Å². The van der Waals surface area contributed by atoms with Crippen LogP contribution in [0.4, 0.5) is 0 Å². The van der Waals surface area contributed by atoms with Gasteiger partial charge in [0.15, 0.2) is 4.96 Å². The fraction of sp³-hybridized carbons (Fsp3) is 0.467. The monoisotopic (exact) mass is 335 g/mol. The summed E-state index contributed by atoms with van der Waals surface area (Å²) in [5.74, 6) is 0. The zero-order chi connectivity index (χ0) is 15.3. The van der Waals surface area contributed by atoms with Crippen molar-refractivity contribution in [3.05, 3.63) is 39.9 Å². The number of nitrogens with zero attached hydrogens (tertiary/aromatic N) is 5. The molecule has 0 amide bonds.